The van der Waals surface area contributed by atoms with E-state index in [0.29, 0.717) is 11.6 Å². The molecule has 0 aliphatic heterocycles. The minimum atomic E-state index is -0.233. The van der Waals surface area contributed by atoms with Crippen LogP contribution in [0.4, 0.5) is 0 Å². The fraction of sp³-hybridized carbons (Fsp3) is 0.500. The van der Waals surface area contributed by atoms with Gasteiger partial charge in [0.15, 0.2) is 0 Å². The lowest BCUT2D eigenvalue weighted by atomic mass is 10.2. The van der Waals surface area contributed by atoms with Crippen LogP contribution in [0, 0.1) is 0 Å². The lowest BCUT2D eigenvalue weighted by Gasteiger charge is -2.20. The highest BCUT2D eigenvalue weighted by molar-refractivity contribution is 6.31. The number of hydrogen-bond acceptors (Lipinski definition) is 4. The van der Waals surface area contributed by atoms with Crippen LogP contribution in [0.5, 0.6) is 0 Å². The summed E-state index contributed by atoms with van der Waals surface area (Å²) in [6.07, 6.45) is 4.28. The van der Waals surface area contributed by atoms with Crippen molar-refractivity contribution in [1.29, 1.82) is 0 Å². The molecule has 1 rings (SSSR count). The lowest BCUT2D eigenvalue weighted by molar-refractivity contribution is -0.142. The first kappa shape index (κ1) is 13.9. The molecule has 0 saturated heterocycles. The number of halogens is 1. The van der Waals surface area contributed by atoms with Crippen molar-refractivity contribution < 1.29 is 9.53 Å². The molecular weight excluding hydrogens is 240 g/mol. The monoisotopic (exact) mass is 256 g/mol. The van der Waals surface area contributed by atoms with Gasteiger partial charge in [-0.25, -0.2) is 0 Å². The zero-order chi connectivity index (χ0) is 12.7. The Morgan fingerprint density at radius 3 is 2.94 bits per heavy atom. The SMILES string of the molecule is CCCN(CC(=O)OC)Cc1ccncc1Cl. The van der Waals surface area contributed by atoms with Crippen LogP contribution in [-0.4, -0.2) is 36.1 Å². The molecule has 0 N–H and O–H groups in total. The van der Waals surface area contributed by atoms with Crippen LogP contribution < -0.4 is 0 Å². The third-order valence-corrected chi connectivity index (χ3v) is 2.71. The van der Waals surface area contributed by atoms with Crippen LogP contribution in [-0.2, 0) is 16.1 Å². The first-order valence-electron chi connectivity index (χ1n) is 5.55. The summed E-state index contributed by atoms with van der Waals surface area (Å²) in [5, 5.41) is 0.624. The van der Waals surface area contributed by atoms with Crippen LogP contribution in [0.1, 0.15) is 18.9 Å². The highest BCUT2D eigenvalue weighted by Crippen LogP contribution is 2.15. The van der Waals surface area contributed by atoms with E-state index in [0.717, 1.165) is 18.5 Å². The smallest absolute Gasteiger partial charge is 0.319 e. The summed E-state index contributed by atoms with van der Waals surface area (Å²) in [5.41, 5.74) is 0.971. The minimum absolute atomic E-state index is 0.233. The number of ether oxygens (including phenoxy) is 1. The molecule has 4 nitrogen and oxygen atoms in total. The van der Waals surface area contributed by atoms with Crippen molar-refractivity contribution >= 4 is 17.6 Å². The molecule has 1 aromatic heterocycles. The van der Waals surface area contributed by atoms with E-state index in [2.05, 4.69) is 16.6 Å². The fourth-order valence-electron chi connectivity index (χ4n) is 1.55. The average molecular weight is 257 g/mol. The van der Waals surface area contributed by atoms with E-state index in [1.165, 1.54) is 7.11 Å². The molecule has 0 saturated carbocycles. The molecule has 0 aromatic carbocycles. The van der Waals surface area contributed by atoms with Crippen molar-refractivity contribution in [3.05, 3.63) is 29.0 Å². The van der Waals surface area contributed by atoms with Crippen molar-refractivity contribution in [3.8, 4) is 0 Å². The van der Waals surface area contributed by atoms with Gasteiger partial charge >= 0.3 is 5.97 Å². The molecule has 0 aliphatic rings. The van der Waals surface area contributed by atoms with E-state index in [9.17, 15) is 4.79 Å². The van der Waals surface area contributed by atoms with Gasteiger partial charge in [0.1, 0.15) is 0 Å². The minimum Gasteiger partial charge on any atom is -0.468 e. The summed E-state index contributed by atoms with van der Waals surface area (Å²) in [5.74, 6) is -0.233. The molecule has 0 fully saturated rings. The van der Waals surface area contributed by atoms with Crippen molar-refractivity contribution in [2.75, 3.05) is 20.2 Å². The average Bonchev–Trinajstić information content (AvgIpc) is 2.32. The number of rotatable bonds is 6. The Bertz CT molecular complexity index is 371. The van der Waals surface area contributed by atoms with Crippen LogP contribution in [0.15, 0.2) is 18.5 Å². The highest BCUT2D eigenvalue weighted by Gasteiger charge is 2.12. The second kappa shape index (κ2) is 7.25. The van der Waals surface area contributed by atoms with Gasteiger partial charge in [-0.2, -0.15) is 0 Å². The Hall–Kier alpha value is -1.13. The summed E-state index contributed by atoms with van der Waals surface area (Å²) < 4.78 is 4.67. The Labute approximate surface area is 107 Å². The summed E-state index contributed by atoms with van der Waals surface area (Å²) >= 11 is 6.03. The maximum absolute atomic E-state index is 11.3. The van der Waals surface area contributed by atoms with Gasteiger partial charge in [-0.3, -0.25) is 14.7 Å². The van der Waals surface area contributed by atoms with Gasteiger partial charge < -0.3 is 4.74 Å². The van der Waals surface area contributed by atoms with Crippen LogP contribution in [0.2, 0.25) is 5.02 Å². The van der Waals surface area contributed by atoms with E-state index in [4.69, 9.17) is 11.6 Å². The Morgan fingerprint density at radius 2 is 2.35 bits per heavy atom. The highest BCUT2D eigenvalue weighted by atomic mass is 35.5. The van der Waals surface area contributed by atoms with Gasteiger partial charge in [-0.1, -0.05) is 18.5 Å². The third-order valence-electron chi connectivity index (χ3n) is 2.37. The van der Waals surface area contributed by atoms with Crippen molar-refractivity contribution in [3.63, 3.8) is 0 Å². The van der Waals surface area contributed by atoms with E-state index in [1.54, 1.807) is 12.4 Å². The second-order valence-corrected chi connectivity index (χ2v) is 4.16. The van der Waals surface area contributed by atoms with Crippen molar-refractivity contribution in [1.82, 2.24) is 9.88 Å². The Morgan fingerprint density at radius 1 is 1.59 bits per heavy atom. The molecule has 0 radical (unpaired) electrons. The number of aromatic nitrogens is 1. The maximum Gasteiger partial charge on any atom is 0.319 e. The number of esters is 1. The Kier molecular flexibility index (Phi) is 5.94. The zero-order valence-corrected chi connectivity index (χ0v) is 10.9. The van der Waals surface area contributed by atoms with Gasteiger partial charge in [0.05, 0.1) is 18.7 Å². The predicted octanol–water partition coefficient (Wildman–Crippen LogP) is 2.12. The molecule has 5 heteroatoms. The first-order chi connectivity index (χ1) is 8.17. The van der Waals surface area contributed by atoms with Crippen LogP contribution in [0.25, 0.3) is 0 Å². The molecule has 94 valence electrons. The van der Waals surface area contributed by atoms with Gasteiger partial charge in [-0.05, 0) is 24.6 Å². The van der Waals surface area contributed by atoms with Crippen molar-refractivity contribution in [2.24, 2.45) is 0 Å². The largest absolute Gasteiger partial charge is 0.468 e. The van der Waals surface area contributed by atoms with E-state index >= 15 is 0 Å². The van der Waals surface area contributed by atoms with Crippen LogP contribution >= 0.6 is 11.6 Å². The molecule has 17 heavy (non-hydrogen) atoms. The molecule has 0 aliphatic carbocycles. The third kappa shape index (κ3) is 4.71. The number of pyridine rings is 1. The van der Waals surface area contributed by atoms with Gasteiger partial charge in [0.2, 0.25) is 0 Å². The summed E-state index contributed by atoms with van der Waals surface area (Å²) in [7, 11) is 1.39. The Balaban J connectivity index is 2.66. The molecule has 0 atom stereocenters. The standard InChI is InChI=1S/C12H17ClN2O2/c1-3-6-15(9-12(16)17-2)8-10-4-5-14-7-11(10)13/h4-5,7H,3,6,8-9H2,1-2H3. The summed E-state index contributed by atoms with van der Waals surface area (Å²) in [6.45, 7) is 3.81. The fourth-order valence-corrected chi connectivity index (χ4v) is 1.73. The lowest BCUT2D eigenvalue weighted by Crippen LogP contribution is -2.31. The van der Waals surface area contributed by atoms with Crippen molar-refractivity contribution in [2.45, 2.75) is 19.9 Å². The molecule has 0 bridgehead atoms. The second-order valence-electron chi connectivity index (χ2n) is 3.75. The summed E-state index contributed by atoms with van der Waals surface area (Å²) in [4.78, 5) is 17.2. The number of carbonyl (C=O) groups excluding carboxylic acids is 1. The quantitative estimate of drug-likeness (QED) is 0.732. The van der Waals surface area contributed by atoms with Crippen LogP contribution in [0.3, 0.4) is 0 Å². The first-order valence-corrected chi connectivity index (χ1v) is 5.92. The van der Waals surface area contributed by atoms with E-state index < -0.39 is 0 Å². The molecule has 0 amide bonds. The molecular formula is C12H17ClN2O2. The van der Waals surface area contributed by atoms with E-state index in [1.807, 2.05) is 11.0 Å². The molecule has 0 spiro atoms. The zero-order valence-electron chi connectivity index (χ0n) is 10.1. The van der Waals surface area contributed by atoms with Gasteiger partial charge in [-0.15, -0.1) is 0 Å². The number of nitrogens with zero attached hydrogens (tertiary/aromatic N) is 2. The normalized spacial score (nSPS) is 10.6. The number of methoxy groups -OCH3 is 1. The van der Waals surface area contributed by atoms with E-state index in [-0.39, 0.29) is 12.5 Å². The summed E-state index contributed by atoms with van der Waals surface area (Å²) in [6, 6.07) is 1.86. The molecule has 1 aromatic rings. The molecule has 0 unspecified atom stereocenters. The molecule has 1 heterocycles. The maximum atomic E-state index is 11.3. The topological polar surface area (TPSA) is 42.4 Å². The number of carbonyl (C=O) groups is 1. The van der Waals surface area contributed by atoms with Gasteiger partial charge in [0.25, 0.3) is 0 Å². The predicted molar refractivity (Wildman–Crippen MR) is 66.8 cm³/mol. The van der Waals surface area contributed by atoms with Gasteiger partial charge in [0, 0.05) is 18.9 Å². The number of hydrogen-bond donors (Lipinski definition) is 0.